The third kappa shape index (κ3) is 3.46. The van der Waals surface area contributed by atoms with E-state index >= 15 is 0 Å². The van der Waals surface area contributed by atoms with Crippen LogP contribution in [0, 0.1) is 11.8 Å². The maximum absolute atomic E-state index is 9.44. The van der Waals surface area contributed by atoms with Gasteiger partial charge in [-0.1, -0.05) is 19.8 Å². The topological polar surface area (TPSA) is 23.5 Å². The van der Waals surface area contributed by atoms with Gasteiger partial charge in [-0.05, 0) is 37.5 Å². The van der Waals surface area contributed by atoms with Crippen LogP contribution in [0.2, 0.25) is 0 Å². The van der Waals surface area contributed by atoms with Crippen molar-refractivity contribution in [2.75, 3.05) is 19.6 Å². The molecular formula is C13H25NO. The predicted molar refractivity (Wildman–Crippen MR) is 62.8 cm³/mol. The zero-order chi connectivity index (χ0) is 10.7. The van der Waals surface area contributed by atoms with Gasteiger partial charge in [0.1, 0.15) is 0 Å². The first-order valence-corrected chi connectivity index (χ1v) is 6.64. The van der Waals surface area contributed by atoms with Crippen LogP contribution < -0.4 is 0 Å². The van der Waals surface area contributed by atoms with Gasteiger partial charge < -0.3 is 10.0 Å². The predicted octanol–water partition coefficient (Wildman–Crippen LogP) is 2.27. The molecule has 2 heteroatoms. The summed E-state index contributed by atoms with van der Waals surface area (Å²) in [6.45, 7) is 5.91. The van der Waals surface area contributed by atoms with Crippen molar-refractivity contribution in [1.82, 2.24) is 4.90 Å². The number of likely N-dealkylation sites (tertiary alicyclic amines) is 1. The second kappa shape index (κ2) is 5.31. The zero-order valence-electron chi connectivity index (χ0n) is 9.99. The number of hydrogen-bond donors (Lipinski definition) is 1. The molecule has 1 aliphatic heterocycles. The number of aliphatic hydroxyl groups is 1. The second-order valence-corrected chi connectivity index (χ2v) is 5.66. The molecule has 1 N–H and O–H groups in total. The fourth-order valence-electron chi connectivity index (χ4n) is 2.98. The highest BCUT2D eigenvalue weighted by molar-refractivity contribution is 4.77. The molecule has 15 heavy (non-hydrogen) atoms. The van der Waals surface area contributed by atoms with Crippen molar-refractivity contribution in [2.45, 2.75) is 51.6 Å². The summed E-state index contributed by atoms with van der Waals surface area (Å²) in [7, 11) is 0. The molecule has 0 aromatic carbocycles. The van der Waals surface area contributed by atoms with Crippen molar-refractivity contribution in [2.24, 2.45) is 11.8 Å². The molecule has 0 bridgehead atoms. The molecule has 1 aliphatic carbocycles. The van der Waals surface area contributed by atoms with Crippen molar-refractivity contribution in [1.29, 1.82) is 0 Å². The lowest BCUT2D eigenvalue weighted by atomic mass is 9.82. The Bertz CT molecular complexity index is 159. The summed E-state index contributed by atoms with van der Waals surface area (Å²) < 4.78 is 0. The second-order valence-electron chi connectivity index (χ2n) is 5.66. The SMILES string of the molecule is CC1CCC(CN2CCC(O)CC2)CC1. The van der Waals surface area contributed by atoms with Gasteiger partial charge in [-0.15, -0.1) is 0 Å². The van der Waals surface area contributed by atoms with Crippen molar-refractivity contribution in [3.05, 3.63) is 0 Å². The molecule has 1 saturated carbocycles. The van der Waals surface area contributed by atoms with E-state index in [0.29, 0.717) is 0 Å². The van der Waals surface area contributed by atoms with E-state index in [0.717, 1.165) is 37.8 Å². The molecule has 88 valence electrons. The van der Waals surface area contributed by atoms with E-state index in [1.807, 2.05) is 0 Å². The first-order valence-electron chi connectivity index (χ1n) is 6.64. The van der Waals surface area contributed by atoms with E-state index in [1.54, 1.807) is 0 Å². The van der Waals surface area contributed by atoms with E-state index in [2.05, 4.69) is 11.8 Å². The molecular weight excluding hydrogens is 186 g/mol. The molecule has 2 rings (SSSR count). The van der Waals surface area contributed by atoms with Crippen LogP contribution in [0.25, 0.3) is 0 Å². The van der Waals surface area contributed by atoms with Crippen LogP contribution in [-0.2, 0) is 0 Å². The van der Waals surface area contributed by atoms with Gasteiger partial charge in [0.2, 0.25) is 0 Å². The van der Waals surface area contributed by atoms with Crippen LogP contribution in [0.5, 0.6) is 0 Å². The van der Waals surface area contributed by atoms with Crippen LogP contribution in [0.3, 0.4) is 0 Å². The largest absolute Gasteiger partial charge is 0.393 e. The standard InChI is InChI=1S/C13H25NO/c1-11-2-4-12(5-3-11)10-14-8-6-13(15)7-9-14/h11-13,15H,2-10H2,1H3. The molecule has 1 heterocycles. The van der Waals surface area contributed by atoms with Gasteiger partial charge in [0.05, 0.1) is 6.10 Å². The Morgan fingerprint density at radius 1 is 1.00 bits per heavy atom. The maximum atomic E-state index is 9.44. The van der Waals surface area contributed by atoms with Gasteiger partial charge in [0, 0.05) is 19.6 Å². The van der Waals surface area contributed by atoms with Crippen molar-refractivity contribution < 1.29 is 5.11 Å². The van der Waals surface area contributed by atoms with Gasteiger partial charge in [-0.3, -0.25) is 0 Å². The van der Waals surface area contributed by atoms with Crippen LogP contribution in [-0.4, -0.2) is 35.7 Å². The Labute approximate surface area is 93.7 Å². The first-order chi connectivity index (χ1) is 7.24. The molecule has 0 radical (unpaired) electrons. The number of hydrogen-bond acceptors (Lipinski definition) is 2. The average Bonchev–Trinajstić information content (AvgIpc) is 2.25. The van der Waals surface area contributed by atoms with Crippen LogP contribution in [0.4, 0.5) is 0 Å². The third-order valence-corrected chi connectivity index (χ3v) is 4.21. The Morgan fingerprint density at radius 3 is 2.20 bits per heavy atom. The van der Waals surface area contributed by atoms with Crippen molar-refractivity contribution in [3.63, 3.8) is 0 Å². The Morgan fingerprint density at radius 2 is 1.60 bits per heavy atom. The summed E-state index contributed by atoms with van der Waals surface area (Å²) in [4.78, 5) is 2.56. The van der Waals surface area contributed by atoms with E-state index < -0.39 is 0 Å². The van der Waals surface area contributed by atoms with Crippen LogP contribution in [0.1, 0.15) is 45.4 Å². The molecule has 2 fully saturated rings. The molecule has 0 amide bonds. The summed E-state index contributed by atoms with van der Waals surface area (Å²) >= 11 is 0. The van der Waals surface area contributed by atoms with Crippen molar-refractivity contribution >= 4 is 0 Å². The summed E-state index contributed by atoms with van der Waals surface area (Å²) in [5.74, 6) is 1.90. The quantitative estimate of drug-likeness (QED) is 0.757. The summed E-state index contributed by atoms with van der Waals surface area (Å²) in [5.41, 5.74) is 0. The van der Waals surface area contributed by atoms with E-state index in [9.17, 15) is 5.11 Å². The highest BCUT2D eigenvalue weighted by Gasteiger charge is 2.23. The highest BCUT2D eigenvalue weighted by atomic mass is 16.3. The molecule has 0 spiro atoms. The summed E-state index contributed by atoms with van der Waals surface area (Å²) in [5, 5.41) is 9.44. The molecule has 2 aliphatic rings. The lowest BCUT2D eigenvalue weighted by molar-refractivity contribution is 0.0692. The Balaban J connectivity index is 1.68. The van der Waals surface area contributed by atoms with E-state index in [-0.39, 0.29) is 6.10 Å². The highest BCUT2D eigenvalue weighted by Crippen LogP contribution is 2.29. The summed E-state index contributed by atoms with van der Waals surface area (Å²) in [6.07, 6.45) is 7.68. The zero-order valence-corrected chi connectivity index (χ0v) is 9.99. The lowest BCUT2D eigenvalue weighted by Crippen LogP contribution is -2.39. The molecule has 0 atom stereocenters. The normalized spacial score (nSPS) is 35.6. The number of piperidine rings is 1. The smallest absolute Gasteiger partial charge is 0.0564 e. The summed E-state index contributed by atoms with van der Waals surface area (Å²) in [6, 6.07) is 0. The lowest BCUT2D eigenvalue weighted by Gasteiger charge is -2.34. The minimum Gasteiger partial charge on any atom is -0.393 e. The fourth-order valence-corrected chi connectivity index (χ4v) is 2.98. The van der Waals surface area contributed by atoms with E-state index in [1.165, 1.54) is 32.2 Å². The van der Waals surface area contributed by atoms with Gasteiger partial charge in [0.15, 0.2) is 0 Å². The molecule has 0 aromatic heterocycles. The average molecular weight is 211 g/mol. The number of aliphatic hydroxyl groups excluding tert-OH is 1. The number of nitrogens with zero attached hydrogens (tertiary/aromatic N) is 1. The molecule has 0 aromatic rings. The first kappa shape index (κ1) is 11.4. The minimum absolute atomic E-state index is 0.0207. The Hall–Kier alpha value is -0.0800. The van der Waals surface area contributed by atoms with Gasteiger partial charge in [-0.2, -0.15) is 0 Å². The number of rotatable bonds is 2. The molecule has 0 unspecified atom stereocenters. The van der Waals surface area contributed by atoms with Gasteiger partial charge >= 0.3 is 0 Å². The van der Waals surface area contributed by atoms with Crippen LogP contribution in [0.15, 0.2) is 0 Å². The fraction of sp³-hybridized carbons (Fsp3) is 1.00. The minimum atomic E-state index is -0.0207. The molecule has 1 saturated heterocycles. The third-order valence-electron chi connectivity index (χ3n) is 4.21. The monoisotopic (exact) mass is 211 g/mol. The van der Waals surface area contributed by atoms with Gasteiger partial charge in [0.25, 0.3) is 0 Å². The molecule has 2 nitrogen and oxygen atoms in total. The van der Waals surface area contributed by atoms with Gasteiger partial charge in [-0.25, -0.2) is 0 Å². The van der Waals surface area contributed by atoms with Crippen LogP contribution >= 0.6 is 0 Å². The maximum Gasteiger partial charge on any atom is 0.0564 e. The Kier molecular flexibility index (Phi) is 4.04. The van der Waals surface area contributed by atoms with Crippen molar-refractivity contribution in [3.8, 4) is 0 Å². The van der Waals surface area contributed by atoms with E-state index in [4.69, 9.17) is 0 Å².